The summed E-state index contributed by atoms with van der Waals surface area (Å²) in [5.74, 6) is 1.83. The van der Waals surface area contributed by atoms with Crippen LogP contribution in [0, 0.1) is 12.8 Å². The Kier molecular flexibility index (Phi) is 3.34. The molecule has 1 aliphatic rings. The maximum absolute atomic E-state index is 6.50. The molecule has 106 valence electrons. The Balaban J connectivity index is 1.90. The molecule has 2 atom stereocenters. The summed E-state index contributed by atoms with van der Waals surface area (Å²) >= 11 is 0. The van der Waals surface area contributed by atoms with Gasteiger partial charge >= 0.3 is 0 Å². The van der Waals surface area contributed by atoms with Crippen molar-refractivity contribution >= 4 is 0 Å². The van der Waals surface area contributed by atoms with Crippen LogP contribution in [0.2, 0.25) is 0 Å². The number of nitrogens with zero attached hydrogens (tertiary/aromatic N) is 2. The zero-order valence-electron chi connectivity index (χ0n) is 12.1. The first-order valence-corrected chi connectivity index (χ1v) is 7.27. The van der Waals surface area contributed by atoms with Gasteiger partial charge in [-0.2, -0.15) is 4.98 Å². The maximum atomic E-state index is 6.50. The van der Waals surface area contributed by atoms with Gasteiger partial charge in [0.15, 0.2) is 0 Å². The fraction of sp³-hybridized carbons (Fsp3) is 0.500. The molecule has 0 saturated heterocycles. The average Bonchev–Trinajstić information content (AvgIpc) is 2.88. The maximum Gasteiger partial charge on any atom is 0.247 e. The minimum atomic E-state index is -0.452. The molecule has 1 aromatic heterocycles. The van der Waals surface area contributed by atoms with Crippen molar-refractivity contribution in [1.82, 2.24) is 10.1 Å². The Labute approximate surface area is 119 Å². The van der Waals surface area contributed by atoms with Crippen LogP contribution < -0.4 is 5.73 Å². The molecular formula is C16H21N3O. The van der Waals surface area contributed by atoms with Gasteiger partial charge in [-0.05, 0) is 31.7 Å². The van der Waals surface area contributed by atoms with E-state index in [1.807, 2.05) is 12.1 Å². The van der Waals surface area contributed by atoms with E-state index in [-0.39, 0.29) is 0 Å². The lowest BCUT2D eigenvalue weighted by Gasteiger charge is -2.33. The molecule has 0 spiro atoms. The van der Waals surface area contributed by atoms with Crippen LogP contribution in [0.25, 0.3) is 11.4 Å². The normalized spacial score (nSPS) is 26.6. The monoisotopic (exact) mass is 271 g/mol. The predicted octanol–water partition coefficient (Wildman–Crippen LogP) is 3.41. The molecule has 0 radical (unpaired) electrons. The molecule has 3 rings (SSSR count). The lowest BCUT2D eigenvalue weighted by atomic mass is 9.77. The first-order valence-electron chi connectivity index (χ1n) is 7.27. The summed E-state index contributed by atoms with van der Waals surface area (Å²) in [5, 5.41) is 4.11. The number of aryl methyl sites for hydroxylation is 1. The molecule has 1 fully saturated rings. The summed E-state index contributed by atoms with van der Waals surface area (Å²) in [6.07, 6.45) is 4.20. The van der Waals surface area contributed by atoms with Crippen molar-refractivity contribution in [3.8, 4) is 11.4 Å². The molecule has 0 amide bonds. The van der Waals surface area contributed by atoms with E-state index in [4.69, 9.17) is 10.3 Å². The van der Waals surface area contributed by atoms with E-state index in [0.29, 0.717) is 17.6 Å². The van der Waals surface area contributed by atoms with E-state index in [9.17, 15) is 0 Å². The fourth-order valence-electron chi connectivity index (χ4n) is 3.11. The van der Waals surface area contributed by atoms with E-state index in [1.165, 1.54) is 12.0 Å². The van der Waals surface area contributed by atoms with Crippen molar-refractivity contribution in [3.05, 3.63) is 35.7 Å². The minimum absolute atomic E-state index is 0.452. The summed E-state index contributed by atoms with van der Waals surface area (Å²) in [6.45, 7) is 4.29. The third kappa shape index (κ3) is 2.48. The molecule has 4 heteroatoms. The van der Waals surface area contributed by atoms with Crippen LogP contribution in [-0.2, 0) is 5.54 Å². The Bertz CT molecular complexity index is 607. The molecule has 0 bridgehead atoms. The van der Waals surface area contributed by atoms with E-state index in [0.717, 1.165) is 24.8 Å². The topological polar surface area (TPSA) is 64.9 Å². The van der Waals surface area contributed by atoms with Crippen molar-refractivity contribution in [2.24, 2.45) is 11.7 Å². The van der Waals surface area contributed by atoms with Gasteiger partial charge in [0.2, 0.25) is 11.7 Å². The SMILES string of the molecule is Cc1cccc(-c2noc(C3(N)CCCC(C)C3)n2)c1. The number of hydrogen-bond acceptors (Lipinski definition) is 4. The Morgan fingerprint density at radius 2 is 2.25 bits per heavy atom. The summed E-state index contributed by atoms with van der Waals surface area (Å²) in [7, 11) is 0. The van der Waals surface area contributed by atoms with E-state index in [2.05, 4.69) is 36.1 Å². The van der Waals surface area contributed by atoms with Gasteiger partial charge in [0.25, 0.3) is 0 Å². The van der Waals surface area contributed by atoms with Crippen molar-refractivity contribution in [3.63, 3.8) is 0 Å². The van der Waals surface area contributed by atoms with Gasteiger partial charge in [0, 0.05) is 5.56 Å². The van der Waals surface area contributed by atoms with E-state index < -0.39 is 5.54 Å². The van der Waals surface area contributed by atoms with Crippen LogP contribution >= 0.6 is 0 Å². The summed E-state index contributed by atoms with van der Waals surface area (Å²) in [4.78, 5) is 4.55. The molecule has 1 aliphatic carbocycles. The average molecular weight is 271 g/mol. The zero-order valence-corrected chi connectivity index (χ0v) is 12.1. The number of aromatic nitrogens is 2. The second-order valence-corrected chi connectivity index (χ2v) is 6.15. The summed E-state index contributed by atoms with van der Waals surface area (Å²) < 4.78 is 5.46. The molecule has 1 aromatic carbocycles. The quantitative estimate of drug-likeness (QED) is 0.909. The number of rotatable bonds is 2. The lowest BCUT2D eigenvalue weighted by Crippen LogP contribution is -2.41. The highest BCUT2D eigenvalue weighted by Crippen LogP contribution is 2.37. The molecule has 4 nitrogen and oxygen atoms in total. The number of nitrogens with two attached hydrogens (primary N) is 1. The van der Waals surface area contributed by atoms with Gasteiger partial charge in [0.1, 0.15) is 0 Å². The molecule has 1 heterocycles. The Hall–Kier alpha value is -1.68. The van der Waals surface area contributed by atoms with Crippen LogP contribution in [0.15, 0.2) is 28.8 Å². The highest BCUT2D eigenvalue weighted by atomic mass is 16.5. The standard InChI is InChI=1S/C16H21N3O/c1-11-5-3-7-13(9-11)14-18-15(20-19-14)16(17)8-4-6-12(2)10-16/h3,5,7,9,12H,4,6,8,10,17H2,1-2H3. The predicted molar refractivity (Wildman–Crippen MR) is 78.0 cm³/mol. The van der Waals surface area contributed by atoms with Crippen molar-refractivity contribution in [1.29, 1.82) is 0 Å². The minimum Gasteiger partial charge on any atom is -0.337 e. The lowest BCUT2D eigenvalue weighted by molar-refractivity contribution is 0.183. The van der Waals surface area contributed by atoms with Crippen LogP contribution in [0.1, 0.15) is 44.1 Å². The second-order valence-electron chi connectivity index (χ2n) is 6.15. The molecule has 0 aliphatic heterocycles. The summed E-state index contributed by atoms with van der Waals surface area (Å²) in [6, 6.07) is 8.11. The number of benzene rings is 1. The van der Waals surface area contributed by atoms with Crippen molar-refractivity contribution < 1.29 is 4.52 Å². The van der Waals surface area contributed by atoms with E-state index >= 15 is 0 Å². The van der Waals surface area contributed by atoms with Crippen LogP contribution in [0.3, 0.4) is 0 Å². The van der Waals surface area contributed by atoms with Gasteiger partial charge in [0.05, 0.1) is 5.54 Å². The van der Waals surface area contributed by atoms with Gasteiger partial charge < -0.3 is 10.3 Å². The van der Waals surface area contributed by atoms with Gasteiger partial charge in [-0.3, -0.25) is 0 Å². The smallest absolute Gasteiger partial charge is 0.247 e. The zero-order chi connectivity index (χ0) is 14.2. The van der Waals surface area contributed by atoms with Crippen molar-refractivity contribution in [2.45, 2.75) is 45.1 Å². The first kappa shape index (κ1) is 13.3. The van der Waals surface area contributed by atoms with Crippen LogP contribution in [-0.4, -0.2) is 10.1 Å². The molecule has 2 unspecified atom stereocenters. The Morgan fingerprint density at radius 3 is 3.00 bits per heavy atom. The third-order valence-corrected chi connectivity index (χ3v) is 4.16. The first-order chi connectivity index (χ1) is 9.57. The summed E-state index contributed by atoms with van der Waals surface area (Å²) in [5.41, 5.74) is 8.21. The van der Waals surface area contributed by atoms with Crippen LogP contribution in [0.4, 0.5) is 0 Å². The van der Waals surface area contributed by atoms with E-state index in [1.54, 1.807) is 0 Å². The van der Waals surface area contributed by atoms with Crippen molar-refractivity contribution in [2.75, 3.05) is 0 Å². The molecule has 2 N–H and O–H groups in total. The molecule has 2 aromatic rings. The molecular weight excluding hydrogens is 250 g/mol. The second kappa shape index (κ2) is 5.02. The largest absolute Gasteiger partial charge is 0.337 e. The fourth-order valence-corrected chi connectivity index (χ4v) is 3.11. The number of hydrogen-bond donors (Lipinski definition) is 1. The van der Waals surface area contributed by atoms with Gasteiger partial charge in [-0.15, -0.1) is 0 Å². The highest BCUT2D eigenvalue weighted by Gasteiger charge is 2.37. The third-order valence-electron chi connectivity index (χ3n) is 4.16. The molecule has 1 saturated carbocycles. The molecule has 20 heavy (non-hydrogen) atoms. The highest BCUT2D eigenvalue weighted by molar-refractivity contribution is 5.55. The van der Waals surface area contributed by atoms with Gasteiger partial charge in [-0.25, -0.2) is 0 Å². The Morgan fingerprint density at radius 1 is 1.40 bits per heavy atom. The van der Waals surface area contributed by atoms with Crippen LogP contribution in [0.5, 0.6) is 0 Å². The van der Waals surface area contributed by atoms with Gasteiger partial charge in [-0.1, -0.05) is 48.7 Å².